The maximum atomic E-state index is 12.6. The van der Waals surface area contributed by atoms with Crippen molar-refractivity contribution in [1.82, 2.24) is 19.6 Å². The third-order valence-electron chi connectivity index (χ3n) is 6.17. The van der Waals surface area contributed by atoms with Crippen molar-refractivity contribution in [3.05, 3.63) is 52.2 Å². The SMILES string of the molecule is CC1CCc2c(sc3nc(C4CC4)n4c(SCC(=O)c5ccccc5)nnc4c23)C1. The van der Waals surface area contributed by atoms with Crippen LogP contribution in [0.3, 0.4) is 0 Å². The first kappa shape index (κ1) is 18.5. The number of aromatic nitrogens is 4. The number of carbonyl (C=O) groups is 1. The van der Waals surface area contributed by atoms with E-state index in [1.165, 1.54) is 46.9 Å². The monoisotopic (exact) mass is 434 g/mol. The van der Waals surface area contributed by atoms with Crippen LogP contribution in [0.25, 0.3) is 15.9 Å². The molecule has 1 aromatic carbocycles. The molecule has 1 fully saturated rings. The molecule has 3 aromatic heterocycles. The molecule has 0 aliphatic heterocycles. The molecule has 7 heteroatoms. The van der Waals surface area contributed by atoms with Crippen LogP contribution in [-0.2, 0) is 12.8 Å². The Bertz CT molecular complexity index is 1270. The van der Waals surface area contributed by atoms with Gasteiger partial charge < -0.3 is 0 Å². The molecule has 0 saturated heterocycles. The van der Waals surface area contributed by atoms with E-state index in [4.69, 9.17) is 4.98 Å². The number of ketones is 1. The highest BCUT2D eigenvalue weighted by Gasteiger charge is 2.32. The second kappa shape index (κ2) is 7.17. The molecule has 2 aliphatic rings. The number of hydrogen-bond acceptors (Lipinski definition) is 6. The van der Waals surface area contributed by atoms with Gasteiger partial charge in [0.05, 0.1) is 11.1 Å². The summed E-state index contributed by atoms with van der Waals surface area (Å²) in [6.45, 7) is 2.33. The Morgan fingerprint density at radius 2 is 2.03 bits per heavy atom. The van der Waals surface area contributed by atoms with Crippen molar-refractivity contribution >= 4 is 44.7 Å². The predicted molar refractivity (Wildman–Crippen MR) is 121 cm³/mol. The number of rotatable bonds is 5. The van der Waals surface area contributed by atoms with Crippen LogP contribution in [0, 0.1) is 5.92 Å². The van der Waals surface area contributed by atoms with Crippen molar-refractivity contribution in [2.75, 3.05) is 5.75 Å². The van der Waals surface area contributed by atoms with Gasteiger partial charge in [-0.1, -0.05) is 49.0 Å². The molecule has 30 heavy (non-hydrogen) atoms. The smallest absolute Gasteiger partial charge is 0.197 e. The predicted octanol–water partition coefficient (Wildman–Crippen LogP) is 5.32. The molecule has 1 atom stereocenters. The van der Waals surface area contributed by atoms with Crippen LogP contribution < -0.4 is 0 Å². The average Bonchev–Trinajstić information content (AvgIpc) is 3.42. The molecule has 1 unspecified atom stereocenters. The zero-order valence-corrected chi connectivity index (χ0v) is 18.4. The third kappa shape index (κ3) is 3.06. The standard InChI is InChI=1S/C23H22N4OS2/c1-13-7-10-16-18(11-13)30-22-19(16)21-25-26-23(27(21)20(24-22)15-8-9-15)29-12-17(28)14-5-3-2-4-6-14/h2-6,13,15H,7-12H2,1H3. The lowest BCUT2D eigenvalue weighted by Gasteiger charge is -2.17. The quantitative estimate of drug-likeness (QED) is 0.314. The lowest BCUT2D eigenvalue weighted by molar-refractivity contribution is 0.102. The van der Waals surface area contributed by atoms with Crippen LogP contribution in [0.5, 0.6) is 0 Å². The molecule has 0 bridgehead atoms. The minimum atomic E-state index is 0.112. The second-order valence-corrected chi connectivity index (χ2v) is 10.5. The first-order chi connectivity index (χ1) is 14.7. The summed E-state index contributed by atoms with van der Waals surface area (Å²) in [4.78, 5) is 20.3. The number of fused-ring (bicyclic) bond motifs is 5. The Balaban J connectivity index is 1.43. The zero-order chi connectivity index (χ0) is 20.2. The first-order valence-corrected chi connectivity index (χ1v) is 12.4. The van der Waals surface area contributed by atoms with Gasteiger partial charge in [-0.05, 0) is 43.6 Å². The van der Waals surface area contributed by atoms with Crippen molar-refractivity contribution in [2.24, 2.45) is 5.92 Å². The number of thioether (sulfide) groups is 1. The summed E-state index contributed by atoms with van der Waals surface area (Å²) in [5.74, 6) is 2.75. The van der Waals surface area contributed by atoms with E-state index in [0.29, 0.717) is 11.7 Å². The Morgan fingerprint density at radius 3 is 2.83 bits per heavy atom. The number of thiophene rings is 1. The highest BCUT2D eigenvalue weighted by atomic mass is 32.2. The Morgan fingerprint density at radius 1 is 1.20 bits per heavy atom. The summed E-state index contributed by atoms with van der Waals surface area (Å²) in [6, 6.07) is 9.46. The fourth-order valence-corrected chi connectivity index (χ4v) is 6.60. The van der Waals surface area contributed by atoms with Crippen molar-refractivity contribution in [3.8, 4) is 0 Å². The van der Waals surface area contributed by atoms with Crippen LogP contribution in [-0.4, -0.2) is 31.1 Å². The van der Waals surface area contributed by atoms with E-state index < -0.39 is 0 Å². The fraction of sp³-hybridized carbons (Fsp3) is 0.391. The van der Waals surface area contributed by atoms with Gasteiger partial charge >= 0.3 is 0 Å². The maximum absolute atomic E-state index is 12.6. The van der Waals surface area contributed by atoms with E-state index in [1.54, 1.807) is 0 Å². The Labute approximate surface area is 182 Å². The molecule has 3 heterocycles. The van der Waals surface area contributed by atoms with Crippen LogP contribution in [0.2, 0.25) is 0 Å². The van der Waals surface area contributed by atoms with E-state index in [9.17, 15) is 4.79 Å². The lowest BCUT2D eigenvalue weighted by atomic mass is 9.89. The summed E-state index contributed by atoms with van der Waals surface area (Å²) in [7, 11) is 0. The molecular weight excluding hydrogens is 412 g/mol. The zero-order valence-electron chi connectivity index (χ0n) is 16.8. The molecule has 1 saturated carbocycles. The summed E-state index contributed by atoms with van der Waals surface area (Å²) < 4.78 is 2.15. The first-order valence-electron chi connectivity index (χ1n) is 10.6. The molecule has 152 valence electrons. The number of nitrogens with zero attached hydrogens (tertiary/aromatic N) is 4. The van der Waals surface area contributed by atoms with E-state index in [1.807, 2.05) is 41.7 Å². The van der Waals surface area contributed by atoms with Crippen LogP contribution >= 0.6 is 23.1 Å². The van der Waals surface area contributed by atoms with Gasteiger partial charge in [0, 0.05) is 16.4 Å². The molecule has 2 aliphatic carbocycles. The van der Waals surface area contributed by atoms with Crippen molar-refractivity contribution in [3.63, 3.8) is 0 Å². The minimum Gasteiger partial charge on any atom is -0.293 e. The number of carbonyl (C=O) groups excluding carboxylic acids is 1. The van der Waals surface area contributed by atoms with Gasteiger partial charge in [-0.3, -0.25) is 9.20 Å². The van der Waals surface area contributed by atoms with Gasteiger partial charge in [0.15, 0.2) is 16.6 Å². The van der Waals surface area contributed by atoms with Crippen molar-refractivity contribution in [2.45, 2.75) is 50.1 Å². The van der Waals surface area contributed by atoms with E-state index in [2.05, 4.69) is 21.5 Å². The molecule has 6 rings (SSSR count). The van der Waals surface area contributed by atoms with E-state index in [0.717, 1.165) is 45.8 Å². The van der Waals surface area contributed by atoms with Gasteiger partial charge in [0.2, 0.25) is 0 Å². The third-order valence-corrected chi connectivity index (χ3v) is 8.24. The summed E-state index contributed by atoms with van der Waals surface area (Å²) in [6.07, 6.45) is 5.79. The highest BCUT2D eigenvalue weighted by molar-refractivity contribution is 7.99. The van der Waals surface area contributed by atoms with Crippen LogP contribution in [0.4, 0.5) is 0 Å². The molecule has 4 aromatic rings. The largest absolute Gasteiger partial charge is 0.293 e. The summed E-state index contributed by atoms with van der Waals surface area (Å²) >= 11 is 3.32. The number of aryl methyl sites for hydroxylation is 1. The Hall–Kier alpha value is -2.25. The summed E-state index contributed by atoms with van der Waals surface area (Å²) in [5.41, 5.74) is 3.10. The number of hydrogen-bond donors (Lipinski definition) is 0. The van der Waals surface area contributed by atoms with Crippen LogP contribution in [0.15, 0.2) is 35.5 Å². The molecule has 0 amide bonds. The molecule has 5 nitrogen and oxygen atoms in total. The van der Waals surface area contributed by atoms with E-state index >= 15 is 0 Å². The van der Waals surface area contributed by atoms with Gasteiger partial charge in [0.1, 0.15) is 10.7 Å². The summed E-state index contributed by atoms with van der Waals surface area (Å²) in [5, 5.41) is 11.1. The highest BCUT2D eigenvalue weighted by Crippen LogP contribution is 2.44. The molecule has 0 N–H and O–H groups in total. The minimum absolute atomic E-state index is 0.112. The average molecular weight is 435 g/mol. The maximum Gasteiger partial charge on any atom is 0.197 e. The van der Waals surface area contributed by atoms with Crippen molar-refractivity contribution < 1.29 is 4.79 Å². The van der Waals surface area contributed by atoms with Gasteiger partial charge in [-0.25, -0.2) is 4.98 Å². The van der Waals surface area contributed by atoms with Crippen molar-refractivity contribution in [1.29, 1.82) is 0 Å². The normalized spacial score (nSPS) is 18.8. The number of benzene rings is 1. The lowest BCUT2D eigenvalue weighted by Crippen LogP contribution is -2.09. The molecular formula is C23H22N4OS2. The van der Waals surface area contributed by atoms with Gasteiger partial charge in [-0.2, -0.15) is 0 Å². The topological polar surface area (TPSA) is 60.2 Å². The van der Waals surface area contributed by atoms with E-state index in [-0.39, 0.29) is 5.78 Å². The van der Waals surface area contributed by atoms with Crippen LogP contribution in [0.1, 0.15) is 58.7 Å². The van der Waals surface area contributed by atoms with Gasteiger partial charge in [-0.15, -0.1) is 21.5 Å². The molecule has 0 radical (unpaired) electrons. The van der Waals surface area contributed by atoms with Gasteiger partial charge in [0.25, 0.3) is 0 Å². The number of Topliss-reactive ketones (excluding diaryl/α,β-unsaturated/α-hetero) is 1. The fourth-order valence-electron chi connectivity index (χ4n) is 4.38. The Kier molecular flexibility index (Phi) is 4.42. The molecule has 0 spiro atoms. The second-order valence-electron chi connectivity index (χ2n) is 8.50.